The maximum absolute atomic E-state index is 12.9. The van der Waals surface area contributed by atoms with Gasteiger partial charge in [0.15, 0.2) is 5.79 Å². The van der Waals surface area contributed by atoms with E-state index >= 15 is 0 Å². The Balaban J connectivity index is 2.09. The average molecular weight is 422 g/mol. The van der Waals surface area contributed by atoms with Crippen molar-refractivity contribution in [2.75, 3.05) is 0 Å². The third-order valence-electron chi connectivity index (χ3n) is 4.95. The lowest BCUT2D eigenvalue weighted by molar-refractivity contribution is -0.219. The van der Waals surface area contributed by atoms with Crippen molar-refractivity contribution in [3.63, 3.8) is 0 Å². The van der Waals surface area contributed by atoms with Crippen molar-refractivity contribution >= 4 is 29.1 Å². The zero-order valence-corrected chi connectivity index (χ0v) is 17.9. The zero-order chi connectivity index (χ0) is 20.7. The summed E-state index contributed by atoms with van der Waals surface area (Å²) in [5.74, 6) is -2.64. The Morgan fingerprint density at radius 3 is 1.86 bits per heavy atom. The number of hydrogen-bond acceptors (Lipinski definition) is 3. The number of rotatable bonds is 3. The minimum atomic E-state index is -1.64. The molecular weight excluding hydrogens is 397 g/mol. The summed E-state index contributed by atoms with van der Waals surface area (Å²) >= 11 is 12.1. The molecule has 1 fully saturated rings. The molecule has 0 aliphatic carbocycles. The van der Waals surface area contributed by atoms with Crippen molar-refractivity contribution in [1.29, 1.82) is 0 Å². The molecule has 1 heterocycles. The summed E-state index contributed by atoms with van der Waals surface area (Å²) in [5, 5.41) is 15.2. The molecule has 1 amide bonds. The molecule has 6 heteroatoms. The van der Waals surface area contributed by atoms with E-state index in [0.717, 1.165) is 11.1 Å². The number of hydrogen-bond donors (Lipinski definition) is 2. The van der Waals surface area contributed by atoms with Crippen LogP contribution in [0.5, 0.6) is 0 Å². The quantitative estimate of drug-likeness (QED) is 0.740. The Morgan fingerprint density at radius 1 is 1.04 bits per heavy atom. The van der Waals surface area contributed by atoms with Crippen molar-refractivity contribution < 1.29 is 14.6 Å². The summed E-state index contributed by atoms with van der Waals surface area (Å²) in [5.41, 5.74) is 0.202. The van der Waals surface area contributed by atoms with E-state index < -0.39 is 22.8 Å². The molecule has 28 heavy (non-hydrogen) atoms. The smallest absolute Gasteiger partial charge is 0.229 e. The number of halogens is 2. The molecule has 3 rings (SSSR count). The van der Waals surface area contributed by atoms with Crippen LogP contribution in [0.1, 0.15) is 45.2 Å². The largest absolute Gasteiger partial charge is 0.365 e. The minimum absolute atomic E-state index is 0.248. The van der Waals surface area contributed by atoms with Crippen LogP contribution in [0.25, 0.3) is 0 Å². The number of benzene rings is 2. The van der Waals surface area contributed by atoms with E-state index in [4.69, 9.17) is 27.9 Å². The van der Waals surface area contributed by atoms with Gasteiger partial charge < -0.3 is 15.2 Å². The first-order valence-electron chi connectivity index (χ1n) is 9.20. The van der Waals surface area contributed by atoms with E-state index in [1.165, 1.54) is 6.92 Å². The Kier molecular flexibility index (Phi) is 5.54. The van der Waals surface area contributed by atoms with E-state index in [0.29, 0.717) is 10.0 Å². The second-order valence-corrected chi connectivity index (χ2v) is 9.37. The predicted molar refractivity (Wildman–Crippen MR) is 111 cm³/mol. The summed E-state index contributed by atoms with van der Waals surface area (Å²) in [6.07, 6.45) is 0.283. The number of carbonyl (C=O) groups excluding carboxylic acids is 1. The van der Waals surface area contributed by atoms with Gasteiger partial charge in [-0.05, 0) is 63.1 Å². The number of nitrogens with one attached hydrogen (secondary N) is 1. The van der Waals surface area contributed by atoms with Crippen LogP contribution in [0.2, 0.25) is 10.0 Å². The van der Waals surface area contributed by atoms with Gasteiger partial charge in [0.2, 0.25) is 5.91 Å². The van der Waals surface area contributed by atoms with Gasteiger partial charge in [-0.1, -0.05) is 47.5 Å². The number of amides is 1. The summed E-state index contributed by atoms with van der Waals surface area (Å²) < 4.78 is 6.25. The van der Waals surface area contributed by atoms with Gasteiger partial charge >= 0.3 is 0 Å². The molecule has 2 unspecified atom stereocenters. The fourth-order valence-corrected chi connectivity index (χ4v) is 3.95. The second kappa shape index (κ2) is 7.34. The highest BCUT2D eigenvalue weighted by Gasteiger charge is 2.57. The van der Waals surface area contributed by atoms with Crippen LogP contribution in [0, 0.1) is 5.92 Å². The molecule has 0 spiro atoms. The van der Waals surface area contributed by atoms with Crippen molar-refractivity contribution in [1.82, 2.24) is 5.32 Å². The topological polar surface area (TPSA) is 58.6 Å². The molecule has 4 nitrogen and oxygen atoms in total. The molecule has 1 saturated heterocycles. The molecule has 1 aliphatic rings. The molecular formula is C22H25Cl2NO3. The predicted octanol–water partition coefficient (Wildman–Crippen LogP) is 4.90. The van der Waals surface area contributed by atoms with Crippen LogP contribution in [-0.2, 0) is 15.1 Å². The Morgan fingerprint density at radius 2 is 1.46 bits per heavy atom. The average Bonchev–Trinajstić information content (AvgIpc) is 2.87. The van der Waals surface area contributed by atoms with Crippen molar-refractivity contribution in [2.24, 2.45) is 5.92 Å². The third-order valence-corrected chi connectivity index (χ3v) is 5.46. The normalized spacial score (nSPS) is 24.2. The number of carbonyl (C=O) groups is 1. The van der Waals surface area contributed by atoms with E-state index in [1.807, 2.05) is 45.0 Å². The minimum Gasteiger partial charge on any atom is -0.365 e. The van der Waals surface area contributed by atoms with Gasteiger partial charge in [-0.15, -0.1) is 0 Å². The standard InChI is InChI=1S/C22H25Cl2NO3/c1-20(2,3)25-19(26)18-13-22(28-21(18,4)27,14-5-9-16(23)10-6-14)15-7-11-17(24)12-8-15/h5-12,18,27H,13H2,1-4H3,(H,25,26). The highest BCUT2D eigenvalue weighted by molar-refractivity contribution is 6.30. The van der Waals surface area contributed by atoms with Crippen LogP contribution in [0.15, 0.2) is 48.5 Å². The molecule has 0 radical (unpaired) electrons. The summed E-state index contributed by atoms with van der Waals surface area (Å²) in [6, 6.07) is 14.5. The molecule has 150 valence electrons. The Labute approximate surface area is 175 Å². The first-order chi connectivity index (χ1) is 12.9. The van der Waals surface area contributed by atoms with Gasteiger partial charge in [-0.3, -0.25) is 4.79 Å². The molecule has 2 aromatic rings. The summed E-state index contributed by atoms with van der Waals surface area (Å²) in [6.45, 7) is 7.25. The molecule has 2 N–H and O–H groups in total. The summed E-state index contributed by atoms with van der Waals surface area (Å²) in [4.78, 5) is 12.9. The third kappa shape index (κ3) is 4.20. The lowest BCUT2D eigenvalue weighted by atomic mass is 9.80. The van der Waals surface area contributed by atoms with Crippen LogP contribution in [0.3, 0.4) is 0 Å². The van der Waals surface area contributed by atoms with E-state index in [1.54, 1.807) is 24.3 Å². The van der Waals surface area contributed by atoms with E-state index in [9.17, 15) is 9.90 Å². The lowest BCUT2D eigenvalue weighted by Crippen LogP contribution is -2.48. The van der Waals surface area contributed by atoms with E-state index in [-0.39, 0.29) is 12.3 Å². The first-order valence-corrected chi connectivity index (χ1v) is 9.95. The lowest BCUT2D eigenvalue weighted by Gasteiger charge is -2.32. The van der Waals surface area contributed by atoms with Crippen molar-refractivity contribution in [3.8, 4) is 0 Å². The molecule has 2 atom stereocenters. The Bertz CT molecular complexity index is 809. The van der Waals surface area contributed by atoms with Crippen LogP contribution in [-0.4, -0.2) is 22.3 Å². The Hall–Kier alpha value is -1.59. The maximum Gasteiger partial charge on any atom is 0.229 e. The monoisotopic (exact) mass is 421 g/mol. The van der Waals surface area contributed by atoms with Gasteiger partial charge in [0.25, 0.3) is 0 Å². The molecule has 0 bridgehead atoms. The van der Waals surface area contributed by atoms with Crippen LogP contribution >= 0.6 is 23.2 Å². The van der Waals surface area contributed by atoms with Crippen molar-refractivity contribution in [3.05, 3.63) is 69.7 Å². The SMILES string of the molecule is CC(C)(C)NC(=O)C1CC(c2ccc(Cl)cc2)(c2ccc(Cl)cc2)OC1(C)O. The van der Waals surface area contributed by atoms with Gasteiger partial charge in [0.05, 0.1) is 5.92 Å². The highest BCUT2D eigenvalue weighted by atomic mass is 35.5. The molecule has 0 aromatic heterocycles. The second-order valence-electron chi connectivity index (χ2n) is 8.49. The first kappa shape index (κ1) is 21.1. The van der Waals surface area contributed by atoms with Gasteiger partial charge in [0.1, 0.15) is 5.60 Å². The highest BCUT2D eigenvalue weighted by Crippen LogP contribution is 2.51. The summed E-state index contributed by atoms with van der Waals surface area (Å²) in [7, 11) is 0. The number of aliphatic hydroxyl groups is 1. The van der Waals surface area contributed by atoms with Gasteiger partial charge in [0, 0.05) is 22.0 Å². The van der Waals surface area contributed by atoms with Gasteiger partial charge in [-0.25, -0.2) is 0 Å². The zero-order valence-electron chi connectivity index (χ0n) is 16.4. The van der Waals surface area contributed by atoms with E-state index in [2.05, 4.69) is 5.32 Å². The molecule has 2 aromatic carbocycles. The fraction of sp³-hybridized carbons (Fsp3) is 0.409. The van der Waals surface area contributed by atoms with Crippen LogP contribution in [0.4, 0.5) is 0 Å². The van der Waals surface area contributed by atoms with Gasteiger partial charge in [-0.2, -0.15) is 0 Å². The number of ether oxygens (including phenoxy) is 1. The fourth-order valence-electron chi connectivity index (χ4n) is 3.69. The molecule has 0 saturated carbocycles. The molecule has 1 aliphatic heterocycles. The van der Waals surface area contributed by atoms with Crippen LogP contribution < -0.4 is 5.32 Å². The maximum atomic E-state index is 12.9. The van der Waals surface area contributed by atoms with Crippen molar-refractivity contribution in [2.45, 2.75) is 51.0 Å².